The van der Waals surface area contributed by atoms with Crippen LogP contribution in [0.5, 0.6) is 5.75 Å². The number of ether oxygens (including phenoxy) is 1. The van der Waals surface area contributed by atoms with Gasteiger partial charge in [-0.1, -0.05) is 18.2 Å². The van der Waals surface area contributed by atoms with Gasteiger partial charge in [-0.15, -0.1) is 0 Å². The van der Waals surface area contributed by atoms with E-state index in [4.69, 9.17) is 10.6 Å². The predicted octanol–water partition coefficient (Wildman–Crippen LogP) is 3.32. The number of urea groups is 1. The van der Waals surface area contributed by atoms with Gasteiger partial charge in [0.2, 0.25) is 0 Å². The molecule has 32 heavy (non-hydrogen) atoms. The summed E-state index contributed by atoms with van der Waals surface area (Å²) in [5.41, 5.74) is 3.68. The van der Waals surface area contributed by atoms with Crippen LogP contribution in [0, 0.1) is 5.82 Å². The maximum absolute atomic E-state index is 14.9. The summed E-state index contributed by atoms with van der Waals surface area (Å²) < 4.78 is 21.1. The molecule has 2 heterocycles. The Kier molecular flexibility index (Phi) is 6.30. The van der Waals surface area contributed by atoms with E-state index in [0.717, 1.165) is 29.6 Å². The Morgan fingerprint density at radius 3 is 2.69 bits per heavy atom. The number of fused-ring (bicyclic) bond motifs is 1. The Bertz CT molecular complexity index is 1040. The SMILES string of the molecule is CC1(C)Cc2cccc(N(Cc3ccc(C(=O)NN)cc3F)C(=O)N3CCSCC3)c2O1. The molecule has 2 aromatic rings. The van der Waals surface area contributed by atoms with Gasteiger partial charge in [-0.25, -0.2) is 15.0 Å². The largest absolute Gasteiger partial charge is 0.485 e. The van der Waals surface area contributed by atoms with E-state index < -0.39 is 11.7 Å². The minimum atomic E-state index is -0.578. The summed E-state index contributed by atoms with van der Waals surface area (Å²) in [5, 5.41) is 0. The maximum atomic E-state index is 14.9. The van der Waals surface area contributed by atoms with Crippen molar-refractivity contribution in [3.8, 4) is 5.75 Å². The number of carbonyl (C=O) groups is 2. The highest BCUT2D eigenvalue weighted by Crippen LogP contribution is 2.43. The molecule has 2 aliphatic heterocycles. The molecule has 9 heteroatoms. The minimum Gasteiger partial charge on any atom is -0.485 e. The molecule has 1 saturated heterocycles. The average Bonchev–Trinajstić information content (AvgIpc) is 3.12. The van der Waals surface area contributed by atoms with Crippen LogP contribution in [0.4, 0.5) is 14.9 Å². The number of rotatable bonds is 4. The lowest BCUT2D eigenvalue weighted by Gasteiger charge is -2.34. The van der Waals surface area contributed by atoms with Gasteiger partial charge < -0.3 is 9.64 Å². The number of para-hydroxylation sites is 1. The Balaban J connectivity index is 1.71. The van der Waals surface area contributed by atoms with Crippen molar-refractivity contribution in [1.82, 2.24) is 10.3 Å². The van der Waals surface area contributed by atoms with E-state index in [0.29, 0.717) is 30.1 Å². The fourth-order valence-electron chi connectivity index (χ4n) is 4.06. The Morgan fingerprint density at radius 2 is 2.00 bits per heavy atom. The van der Waals surface area contributed by atoms with Crippen molar-refractivity contribution in [2.45, 2.75) is 32.4 Å². The molecule has 1 fully saturated rings. The lowest BCUT2D eigenvalue weighted by atomic mass is 10.0. The van der Waals surface area contributed by atoms with Crippen LogP contribution in [0.3, 0.4) is 0 Å². The van der Waals surface area contributed by atoms with Crippen LogP contribution in [-0.4, -0.2) is 47.0 Å². The third-order valence-electron chi connectivity index (χ3n) is 5.65. The number of hydrogen-bond donors (Lipinski definition) is 2. The van der Waals surface area contributed by atoms with Gasteiger partial charge in [-0.05, 0) is 32.0 Å². The van der Waals surface area contributed by atoms with Crippen molar-refractivity contribution in [3.63, 3.8) is 0 Å². The molecule has 0 aromatic heterocycles. The van der Waals surface area contributed by atoms with Crippen molar-refractivity contribution in [1.29, 1.82) is 0 Å². The van der Waals surface area contributed by atoms with E-state index >= 15 is 0 Å². The monoisotopic (exact) mass is 458 g/mol. The highest BCUT2D eigenvalue weighted by molar-refractivity contribution is 7.99. The number of thioether (sulfide) groups is 1. The summed E-state index contributed by atoms with van der Waals surface area (Å²) in [6.45, 7) is 5.30. The van der Waals surface area contributed by atoms with E-state index in [-0.39, 0.29) is 23.7 Å². The quantitative estimate of drug-likeness (QED) is 0.417. The number of nitrogens with two attached hydrogens (primary N) is 1. The van der Waals surface area contributed by atoms with Gasteiger partial charge in [-0.2, -0.15) is 11.8 Å². The smallest absolute Gasteiger partial charge is 0.324 e. The standard InChI is InChI=1S/C23H27FN4O3S/c1-23(2)13-16-4-3-5-19(20(16)31-23)28(22(30)27-8-10-32-11-9-27)14-17-7-6-15(12-18(17)24)21(29)26-25/h3-7,12H,8-11,13-14,25H2,1-2H3,(H,26,29). The number of halogens is 1. The fraction of sp³-hybridized carbons (Fsp3) is 0.391. The molecule has 0 saturated carbocycles. The van der Waals surface area contributed by atoms with Gasteiger partial charge >= 0.3 is 6.03 Å². The van der Waals surface area contributed by atoms with Crippen molar-refractivity contribution < 1.29 is 18.7 Å². The van der Waals surface area contributed by atoms with E-state index in [1.807, 2.05) is 49.2 Å². The van der Waals surface area contributed by atoms with Crippen LogP contribution < -0.4 is 20.9 Å². The average molecular weight is 459 g/mol. The number of nitrogen functional groups attached to an aromatic ring is 1. The topological polar surface area (TPSA) is 87.9 Å². The van der Waals surface area contributed by atoms with Crippen LogP contribution in [0.2, 0.25) is 0 Å². The normalized spacial score (nSPS) is 16.8. The minimum absolute atomic E-state index is 0.0130. The number of hydrazine groups is 1. The van der Waals surface area contributed by atoms with E-state index in [1.165, 1.54) is 12.1 Å². The van der Waals surface area contributed by atoms with Gasteiger partial charge in [0.15, 0.2) is 0 Å². The molecule has 0 atom stereocenters. The van der Waals surface area contributed by atoms with Crippen LogP contribution >= 0.6 is 11.8 Å². The molecular weight excluding hydrogens is 431 g/mol. The van der Waals surface area contributed by atoms with E-state index in [1.54, 1.807) is 9.80 Å². The second kappa shape index (κ2) is 8.99. The molecule has 170 valence electrons. The molecule has 0 aliphatic carbocycles. The molecular formula is C23H27FN4O3S. The lowest BCUT2D eigenvalue weighted by molar-refractivity contribution is 0.0953. The number of nitrogens with one attached hydrogen (secondary N) is 1. The molecule has 3 N–H and O–H groups in total. The first-order chi connectivity index (χ1) is 15.3. The maximum Gasteiger partial charge on any atom is 0.324 e. The molecule has 0 unspecified atom stereocenters. The summed E-state index contributed by atoms with van der Waals surface area (Å²) in [6, 6.07) is 9.69. The summed E-state index contributed by atoms with van der Waals surface area (Å²) in [6.07, 6.45) is 0.732. The molecule has 2 aliphatic rings. The third kappa shape index (κ3) is 4.54. The van der Waals surface area contributed by atoms with Crippen molar-refractivity contribution in [3.05, 3.63) is 58.9 Å². The van der Waals surface area contributed by atoms with Crippen LogP contribution in [0.25, 0.3) is 0 Å². The van der Waals surface area contributed by atoms with Crippen molar-refractivity contribution in [2.24, 2.45) is 5.84 Å². The zero-order valence-electron chi connectivity index (χ0n) is 18.2. The van der Waals surface area contributed by atoms with Gasteiger partial charge in [0.25, 0.3) is 5.91 Å². The summed E-state index contributed by atoms with van der Waals surface area (Å²) in [5.74, 6) is 6.39. The first-order valence-corrected chi connectivity index (χ1v) is 11.7. The molecule has 7 nitrogen and oxygen atoms in total. The molecule has 2 aromatic carbocycles. The molecule has 4 rings (SSSR count). The van der Waals surface area contributed by atoms with E-state index in [9.17, 15) is 14.0 Å². The van der Waals surface area contributed by atoms with Crippen molar-refractivity contribution >= 4 is 29.4 Å². The van der Waals surface area contributed by atoms with Gasteiger partial charge in [0.1, 0.15) is 17.2 Å². The molecule has 0 spiro atoms. The predicted molar refractivity (Wildman–Crippen MR) is 123 cm³/mol. The van der Waals surface area contributed by atoms with Crippen molar-refractivity contribution in [2.75, 3.05) is 29.5 Å². The zero-order valence-corrected chi connectivity index (χ0v) is 19.0. The third-order valence-corrected chi connectivity index (χ3v) is 6.59. The molecule has 0 bridgehead atoms. The summed E-state index contributed by atoms with van der Waals surface area (Å²) in [4.78, 5) is 28.7. The van der Waals surface area contributed by atoms with Gasteiger partial charge in [-0.3, -0.25) is 15.1 Å². The first-order valence-electron chi connectivity index (χ1n) is 10.5. The highest BCUT2D eigenvalue weighted by atomic mass is 32.2. The number of anilines is 1. The van der Waals surface area contributed by atoms with Gasteiger partial charge in [0, 0.05) is 47.7 Å². The number of carbonyl (C=O) groups excluding carboxylic acids is 2. The highest BCUT2D eigenvalue weighted by Gasteiger charge is 2.35. The molecule has 0 radical (unpaired) electrons. The number of nitrogens with zero attached hydrogens (tertiary/aromatic N) is 2. The Hall–Kier alpha value is -2.78. The Labute approximate surface area is 191 Å². The van der Waals surface area contributed by atoms with E-state index in [2.05, 4.69) is 0 Å². The second-order valence-electron chi connectivity index (χ2n) is 8.55. The van der Waals surface area contributed by atoms with Gasteiger partial charge in [0.05, 0.1) is 12.2 Å². The van der Waals surface area contributed by atoms with Crippen LogP contribution in [0.15, 0.2) is 36.4 Å². The number of benzene rings is 2. The van der Waals surface area contributed by atoms with Crippen LogP contribution in [0.1, 0.15) is 35.3 Å². The number of amides is 3. The lowest BCUT2D eigenvalue weighted by Crippen LogP contribution is -2.46. The summed E-state index contributed by atoms with van der Waals surface area (Å²) >= 11 is 1.81. The molecule has 3 amide bonds. The first kappa shape index (κ1) is 22.4. The Morgan fingerprint density at radius 1 is 1.25 bits per heavy atom. The summed E-state index contributed by atoms with van der Waals surface area (Å²) in [7, 11) is 0. The number of hydrogen-bond acceptors (Lipinski definition) is 5. The fourth-order valence-corrected chi connectivity index (χ4v) is 4.97. The van der Waals surface area contributed by atoms with Crippen LogP contribution in [-0.2, 0) is 13.0 Å². The zero-order chi connectivity index (χ0) is 22.9. The second-order valence-corrected chi connectivity index (χ2v) is 9.78.